The van der Waals surface area contributed by atoms with E-state index in [1.165, 1.54) is 6.07 Å². The number of amides is 1. The molecule has 1 saturated heterocycles. The summed E-state index contributed by atoms with van der Waals surface area (Å²) in [6, 6.07) is 9.35. The Morgan fingerprint density at radius 2 is 1.95 bits per heavy atom. The summed E-state index contributed by atoms with van der Waals surface area (Å²) < 4.78 is 35.4. The molecule has 3 heterocycles. The Morgan fingerprint density at radius 1 is 1.22 bits per heavy atom. The molecule has 8 nitrogen and oxygen atoms in total. The maximum absolute atomic E-state index is 14.0. The number of para-hydroxylation sites is 1. The standard InChI is InChI=1S/C27H23F2N5O3/c1-2-4-23(36)33-12-11-17(13-33)34-14-19(24-25(34)22(15-35)31-32-27(24)30)16-7-9-18(10-8-16)37-26-20(28)5-3-6-21(26)29/h3,5-10,14-15,17,22,31H,11-13H2,1H3,(H2,30,32)/t17?,22-/m0/s1. The number of halogens is 2. The lowest BCUT2D eigenvalue weighted by Crippen LogP contribution is -2.33. The molecule has 2 aliphatic heterocycles. The van der Waals surface area contributed by atoms with E-state index in [4.69, 9.17) is 10.5 Å². The molecule has 2 aromatic carbocycles. The lowest BCUT2D eigenvalue weighted by molar-refractivity contribution is -0.124. The Morgan fingerprint density at radius 3 is 2.62 bits per heavy atom. The number of benzene rings is 2. The van der Waals surface area contributed by atoms with Crippen LogP contribution in [0, 0.1) is 23.5 Å². The van der Waals surface area contributed by atoms with E-state index in [1.807, 2.05) is 10.8 Å². The third kappa shape index (κ3) is 4.40. The summed E-state index contributed by atoms with van der Waals surface area (Å²) in [4.78, 5) is 25.9. The minimum absolute atomic E-state index is 0.0908. The first-order valence-electron chi connectivity index (χ1n) is 11.6. The van der Waals surface area contributed by atoms with Crippen LogP contribution in [0.1, 0.15) is 36.7 Å². The number of amidine groups is 1. The van der Waals surface area contributed by atoms with Crippen LogP contribution in [0.4, 0.5) is 8.78 Å². The minimum atomic E-state index is -0.805. The van der Waals surface area contributed by atoms with Crippen molar-refractivity contribution in [2.45, 2.75) is 25.4 Å². The van der Waals surface area contributed by atoms with Crippen LogP contribution in [0.15, 0.2) is 53.8 Å². The second-order valence-electron chi connectivity index (χ2n) is 8.70. The van der Waals surface area contributed by atoms with Crippen LogP contribution >= 0.6 is 0 Å². The molecule has 3 aromatic rings. The highest BCUT2D eigenvalue weighted by Gasteiger charge is 2.35. The summed E-state index contributed by atoms with van der Waals surface area (Å²) in [6.07, 6.45) is 3.34. The fourth-order valence-electron chi connectivity index (χ4n) is 4.74. The Bertz CT molecular complexity index is 1450. The molecular weight excluding hydrogens is 480 g/mol. The number of nitrogens with two attached hydrogens (primary N) is 1. The zero-order valence-electron chi connectivity index (χ0n) is 19.9. The van der Waals surface area contributed by atoms with Crippen LogP contribution in [-0.2, 0) is 9.59 Å². The average Bonchev–Trinajstić information content (AvgIpc) is 3.54. The minimum Gasteiger partial charge on any atom is -0.451 e. The number of aldehydes is 1. The first-order valence-corrected chi connectivity index (χ1v) is 11.6. The lowest BCUT2D eigenvalue weighted by Gasteiger charge is -2.24. The second kappa shape index (κ2) is 9.78. The van der Waals surface area contributed by atoms with Crippen molar-refractivity contribution in [1.29, 1.82) is 0 Å². The summed E-state index contributed by atoms with van der Waals surface area (Å²) in [6.45, 7) is 2.60. The van der Waals surface area contributed by atoms with Gasteiger partial charge in [0, 0.05) is 30.4 Å². The lowest BCUT2D eigenvalue weighted by atomic mass is 9.99. The quantitative estimate of drug-likeness (QED) is 0.410. The van der Waals surface area contributed by atoms with Gasteiger partial charge in [-0.3, -0.25) is 10.2 Å². The van der Waals surface area contributed by atoms with Gasteiger partial charge in [-0.1, -0.05) is 24.1 Å². The largest absolute Gasteiger partial charge is 0.451 e. The van der Waals surface area contributed by atoms with Crippen LogP contribution in [-0.4, -0.2) is 40.6 Å². The van der Waals surface area contributed by atoms with Crippen LogP contribution in [0.25, 0.3) is 11.1 Å². The van der Waals surface area contributed by atoms with Gasteiger partial charge < -0.3 is 24.7 Å². The van der Waals surface area contributed by atoms with Gasteiger partial charge >= 0.3 is 0 Å². The Balaban J connectivity index is 1.51. The monoisotopic (exact) mass is 503 g/mol. The molecule has 2 aliphatic rings. The van der Waals surface area contributed by atoms with Gasteiger partial charge in [0.15, 0.2) is 23.2 Å². The molecule has 5 rings (SSSR count). The number of carbonyl (C=O) groups is 2. The molecule has 0 aliphatic carbocycles. The number of hydrogen-bond donors (Lipinski definition) is 2. The van der Waals surface area contributed by atoms with Crippen molar-refractivity contribution in [3.05, 3.63) is 71.6 Å². The first kappa shape index (κ1) is 24.1. The normalized spacial score (nSPS) is 18.2. The summed E-state index contributed by atoms with van der Waals surface area (Å²) in [5.41, 5.74) is 11.8. The fourth-order valence-corrected chi connectivity index (χ4v) is 4.74. The summed E-state index contributed by atoms with van der Waals surface area (Å²) in [7, 11) is 0. The van der Waals surface area contributed by atoms with E-state index in [9.17, 15) is 18.4 Å². The molecule has 37 heavy (non-hydrogen) atoms. The van der Waals surface area contributed by atoms with Crippen molar-refractivity contribution in [2.75, 3.05) is 13.1 Å². The molecule has 1 unspecified atom stereocenters. The topological polar surface area (TPSA) is 102 Å². The van der Waals surface area contributed by atoms with Gasteiger partial charge in [0.2, 0.25) is 0 Å². The van der Waals surface area contributed by atoms with Crippen LogP contribution in [0.5, 0.6) is 11.5 Å². The molecule has 0 radical (unpaired) electrons. The van der Waals surface area contributed by atoms with Crippen LogP contribution < -0.4 is 15.9 Å². The number of likely N-dealkylation sites (tertiary alicyclic amines) is 1. The van der Waals surface area contributed by atoms with E-state index in [1.54, 1.807) is 36.1 Å². The van der Waals surface area contributed by atoms with Crippen molar-refractivity contribution < 1.29 is 23.1 Å². The predicted octanol–water partition coefficient (Wildman–Crippen LogP) is 3.49. The average molecular weight is 504 g/mol. The van der Waals surface area contributed by atoms with Gasteiger partial charge in [-0.15, -0.1) is 0 Å². The van der Waals surface area contributed by atoms with E-state index in [-0.39, 0.29) is 23.5 Å². The van der Waals surface area contributed by atoms with E-state index in [0.29, 0.717) is 30.8 Å². The molecule has 2 atom stereocenters. The van der Waals surface area contributed by atoms with Crippen molar-refractivity contribution in [2.24, 2.45) is 10.8 Å². The summed E-state index contributed by atoms with van der Waals surface area (Å²) in [5.74, 6) is 3.34. The molecule has 0 bridgehead atoms. The number of hydrogen-bond acceptors (Lipinski definition) is 6. The number of hydrazone groups is 1. The maximum Gasteiger partial charge on any atom is 0.298 e. The number of nitrogens with zero attached hydrogens (tertiary/aromatic N) is 3. The first-order chi connectivity index (χ1) is 17.9. The molecule has 10 heteroatoms. The van der Waals surface area contributed by atoms with E-state index in [2.05, 4.69) is 22.4 Å². The van der Waals surface area contributed by atoms with Crippen molar-refractivity contribution >= 4 is 18.0 Å². The smallest absolute Gasteiger partial charge is 0.298 e. The number of carbonyl (C=O) groups excluding carboxylic acids is 2. The van der Waals surface area contributed by atoms with Gasteiger partial charge in [0.05, 0.1) is 11.7 Å². The van der Waals surface area contributed by atoms with E-state index >= 15 is 0 Å². The number of rotatable bonds is 5. The number of aromatic nitrogens is 1. The van der Waals surface area contributed by atoms with Crippen molar-refractivity contribution in [1.82, 2.24) is 14.9 Å². The zero-order valence-corrected chi connectivity index (χ0v) is 19.9. The maximum atomic E-state index is 14.0. The molecule has 188 valence electrons. The van der Waals surface area contributed by atoms with Crippen LogP contribution in [0.3, 0.4) is 0 Å². The third-order valence-corrected chi connectivity index (χ3v) is 6.46. The van der Waals surface area contributed by atoms with Gasteiger partial charge in [-0.05, 0) is 49.1 Å². The molecular formula is C27H23F2N5O3. The molecule has 3 N–H and O–H groups in total. The summed E-state index contributed by atoms with van der Waals surface area (Å²) in [5, 5.41) is 4.12. The Labute approximate surface area is 211 Å². The van der Waals surface area contributed by atoms with Gasteiger partial charge in [-0.25, -0.2) is 8.78 Å². The van der Waals surface area contributed by atoms with Crippen molar-refractivity contribution in [3.8, 4) is 34.5 Å². The highest BCUT2D eigenvalue weighted by atomic mass is 19.1. The van der Waals surface area contributed by atoms with E-state index < -0.39 is 23.4 Å². The molecule has 1 amide bonds. The molecule has 0 saturated carbocycles. The summed E-state index contributed by atoms with van der Waals surface area (Å²) >= 11 is 0. The van der Waals surface area contributed by atoms with E-state index in [0.717, 1.165) is 29.5 Å². The van der Waals surface area contributed by atoms with Crippen LogP contribution in [0.2, 0.25) is 0 Å². The second-order valence-corrected chi connectivity index (χ2v) is 8.70. The van der Waals surface area contributed by atoms with Gasteiger partial charge in [-0.2, -0.15) is 5.10 Å². The number of ether oxygens (including phenoxy) is 1. The predicted molar refractivity (Wildman–Crippen MR) is 133 cm³/mol. The van der Waals surface area contributed by atoms with Crippen molar-refractivity contribution in [3.63, 3.8) is 0 Å². The SMILES string of the molecule is CC#CC(=O)N1CCC(n2cc(-c3ccc(Oc4c(F)cccc4F)cc3)c3c2[C@H](C=O)NN=C3N)C1. The van der Waals surface area contributed by atoms with Gasteiger partial charge in [0.25, 0.3) is 5.91 Å². The fraction of sp³-hybridized carbons (Fsp3) is 0.222. The Hall–Kier alpha value is -4.65. The highest BCUT2D eigenvalue weighted by Crippen LogP contribution is 2.38. The van der Waals surface area contributed by atoms with Gasteiger partial charge in [0.1, 0.15) is 18.1 Å². The number of fused-ring (bicyclic) bond motifs is 1. The third-order valence-electron chi connectivity index (χ3n) is 6.46. The molecule has 0 spiro atoms. The zero-order chi connectivity index (χ0) is 26.1. The highest BCUT2D eigenvalue weighted by molar-refractivity contribution is 6.06. The Kier molecular flexibility index (Phi) is 6.36. The number of nitrogens with one attached hydrogen (secondary N) is 1. The molecule has 1 aromatic heterocycles. The molecule has 1 fully saturated rings.